The number of nitriles is 1. The first-order valence-corrected chi connectivity index (χ1v) is 10.8. The van der Waals surface area contributed by atoms with Gasteiger partial charge in [0.25, 0.3) is 0 Å². The fourth-order valence-electron chi connectivity index (χ4n) is 5.58. The molecule has 0 radical (unpaired) electrons. The van der Waals surface area contributed by atoms with Crippen LogP contribution in [-0.4, -0.2) is 30.6 Å². The van der Waals surface area contributed by atoms with E-state index in [-0.39, 0.29) is 36.4 Å². The first kappa shape index (κ1) is 22.4. The van der Waals surface area contributed by atoms with Crippen molar-refractivity contribution in [3.63, 3.8) is 0 Å². The van der Waals surface area contributed by atoms with E-state index in [9.17, 15) is 23.9 Å². The zero-order valence-corrected chi connectivity index (χ0v) is 17.9. The maximum atomic E-state index is 13.6. The first-order chi connectivity index (χ1) is 15.4. The minimum Gasteiger partial charge on any atom is -0.496 e. The van der Waals surface area contributed by atoms with E-state index in [1.54, 1.807) is 13.2 Å². The number of para-hydroxylation sites is 1. The molecule has 5 atom stereocenters. The predicted octanol–water partition coefficient (Wildman–Crippen LogP) is 3.50. The average molecular weight is 440 g/mol. The van der Waals surface area contributed by atoms with E-state index in [2.05, 4.69) is 11.4 Å². The van der Waals surface area contributed by atoms with Gasteiger partial charge in [-0.3, -0.25) is 4.79 Å². The molecule has 2 N–H and O–H groups in total. The third kappa shape index (κ3) is 4.01. The number of rotatable bonds is 6. The van der Waals surface area contributed by atoms with Crippen LogP contribution < -0.4 is 10.1 Å². The Bertz CT molecular complexity index is 1050. The SMILES string of the molecule is COc1ccccc1[C@]1(O)C[C@H](CC#N)C[C@H]2C(C(=O)Cc3ccc(F)c(F)c3)NC[C@H]21. The highest BCUT2D eigenvalue weighted by atomic mass is 19.2. The van der Waals surface area contributed by atoms with Crippen LogP contribution in [0.15, 0.2) is 42.5 Å². The molecule has 1 aliphatic heterocycles. The van der Waals surface area contributed by atoms with Crippen molar-refractivity contribution in [2.45, 2.75) is 37.3 Å². The van der Waals surface area contributed by atoms with Gasteiger partial charge < -0.3 is 15.2 Å². The Kier molecular flexibility index (Phi) is 6.27. The fourth-order valence-corrected chi connectivity index (χ4v) is 5.58. The lowest BCUT2D eigenvalue weighted by Gasteiger charge is -2.46. The van der Waals surface area contributed by atoms with Crippen molar-refractivity contribution in [2.75, 3.05) is 13.7 Å². The molecule has 2 aliphatic rings. The number of ether oxygens (including phenoxy) is 1. The molecule has 5 nitrogen and oxygen atoms in total. The number of nitrogens with one attached hydrogen (secondary N) is 1. The summed E-state index contributed by atoms with van der Waals surface area (Å²) in [5.74, 6) is -2.00. The molecule has 1 heterocycles. The molecule has 0 bridgehead atoms. The maximum absolute atomic E-state index is 13.6. The predicted molar refractivity (Wildman–Crippen MR) is 114 cm³/mol. The van der Waals surface area contributed by atoms with Gasteiger partial charge in [-0.2, -0.15) is 5.26 Å². The summed E-state index contributed by atoms with van der Waals surface area (Å²) in [7, 11) is 1.55. The molecule has 1 unspecified atom stereocenters. The van der Waals surface area contributed by atoms with Gasteiger partial charge >= 0.3 is 0 Å². The number of aliphatic hydroxyl groups is 1. The molecule has 2 aromatic carbocycles. The highest BCUT2D eigenvalue weighted by molar-refractivity contribution is 5.87. The number of Topliss-reactive ketones (excluding diaryl/α,β-unsaturated/α-hetero) is 1. The Morgan fingerprint density at radius 2 is 2.06 bits per heavy atom. The van der Waals surface area contributed by atoms with Crippen molar-refractivity contribution in [3.8, 4) is 11.8 Å². The highest BCUT2D eigenvalue weighted by Gasteiger charge is 2.55. The third-order valence-electron chi connectivity index (χ3n) is 6.98. The molecule has 0 spiro atoms. The van der Waals surface area contributed by atoms with Gasteiger partial charge in [-0.1, -0.05) is 24.3 Å². The van der Waals surface area contributed by atoms with Crippen LogP contribution >= 0.6 is 0 Å². The minimum absolute atomic E-state index is 0.0336. The number of carbonyl (C=O) groups is 1. The number of ketones is 1. The summed E-state index contributed by atoms with van der Waals surface area (Å²) in [5.41, 5.74) is -0.180. The van der Waals surface area contributed by atoms with Crippen LogP contribution in [-0.2, 0) is 16.8 Å². The van der Waals surface area contributed by atoms with Gasteiger partial charge in [-0.15, -0.1) is 0 Å². The van der Waals surface area contributed by atoms with Crippen LogP contribution in [0.5, 0.6) is 5.75 Å². The zero-order valence-electron chi connectivity index (χ0n) is 17.9. The van der Waals surface area contributed by atoms with Gasteiger partial charge in [0, 0.05) is 30.9 Å². The topological polar surface area (TPSA) is 82.3 Å². The van der Waals surface area contributed by atoms with Gasteiger partial charge in [0.2, 0.25) is 0 Å². The van der Waals surface area contributed by atoms with E-state index in [0.717, 1.165) is 12.1 Å². The van der Waals surface area contributed by atoms with Crippen molar-refractivity contribution in [3.05, 3.63) is 65.2 Å². The molecule has 1 saturated carbocycles. The average Bonchev–Trinajstić information content (AvgIpc) is 3.21. The Hall–Kier alpha value is -2.82. The lowest BCUT2D eigenvalue weighted by atomic mass is 9.61. The van der Waals surface area contributed by atoms with E-state index in [1.165, 1.54) is 6.07 Å². The number of fused-ring (bicyclic) bond motifs is 1. The number of halogens is 2. The maximum Gasteiger partial charge on any atom is 0.159 e. The summed E-state index contributed by atoms with van der Waals surface area (Å²) in [4.78, 5) is 13.2. The number of benzene rings is 2. The molecule has 1 aliphatic carbocycles. The second kappa shape index (κ2) is 8.97. The molecular formula is C25H26F2N2O3. The molecular weight excluding hydrogens is 414 g/mol. The van der Waals surface area contributed by atoms with E-state index in [1.807, 2.05) is 18.2 Å². The van der Waals surface area contributed by atoms with Crippen molar-refractivity contribution in [1.29, 1.82) is 5.26 Å². The lowest BCUT2D eigenvalue weighted by molar-refractivity contribution is -0.124. The standard InChI is InChI=1S/C25H26F2N2O3/c1-32-23-5-3-2-4-18(23)25(31)13-16(8-9-28)10-17-19(25)14-29-24(17)22(30)12-15-6-7-20(26)21(27)11-15/h2-7,11,16-17,19,24,29,31H,8,10,12-14H2,1H3/t16-,17-,19-,24?,25-/m1/s1. The molecule has 0 aromatic heterocycles. The smallest absolute Gasteiger partial charge is 0.159 e. The molecule has 168 valence electrons. The van der Waals surface area contributed by atoms with Crippen LogP contribution in [0.4, 0.5) is 8.78 Å². The number of hydrogen-bond acceptors (Lipinski definition) is 5. The van der Waals surface area contributed by atoms with Crippen molar-refractivity contribution < 1.29 is 23.4 Å². The summed E-state index contributed by atoms with van der Waals surface area (Å²) in [6.07, 6.45) is 1.30. The highest BCUT2D eigenvalue weighted by Crippen LogP contribution is 2.52. The van der Waals surface area contributed by atoms with Crippen molar-refractivity contribution in [1.82, 2.24) is 5.32 Å². The Morgan fingerprint density at radius 1 is 1.28 bits per heavy atom. The summed E-state index contributed by atoms with van der Waals surface area (Å²) in [5, 5.41) is 24.5. The second-order valence-electron chi connectivity index (χ2n) is 8.84. The zero-order chi connectivity index (χ0) is 22.9. The van der Waals surface area contributed by atoms with Crippen molar-refractivity contribution >= 4 is 5.78 Å². The summed E-state index contributed by atoms with van der Waals surface area (Å²) >= 11 is 0. The number of carbonyl (C=O) groups excluding carboxylic acids is 1. The van der Waals surface area contributed by atoms with E-state index < -0.39 is 23.3 Å². The number of methoxy groups -OCH3 is 1. The third-order valence-corrected chi connectivity index (χ3v) is 6.98. The van der Waals surface area contributed by atoms with E-state index in [4.69, 9.17) is 4.74 Å². The van der Waals surface area contributed by atoms with Gasteiger partial charge in [0.1, 0.15) is 5.75 Å². The molecule has 32 heavy (non-hydrogen) atoms. The normalized spacial score (nSPS) is 29.2. The number of hydrogen-bond donors (Lipinski definition) is 2. The van der Waals surface area contributed by atoms with E-state index in [0.29, 0.717) is 36.3 Å². The van der Waals surface area contributed by atoms with Crippen LogP contribution in [0.3, 0.4) is 0 Å². The Morgan fingerprint density at radius 3 is 2.78 bits per heavy atom. The molecule has 4 rings (SSSR count). The monoisotopic (exact) mass is 440 g/mol. The van der Waals surface area contributed by atoms with Gasteiger partial charge in [-0.05, 0) is 48.4 Å². The lowest BCUT2D eigenvalue weighted by Crippen LogP contribution is -2.48. The van der Waals surface area contributed by atoms with Crippen LogP contribution in [0, 0.1) is 40.7 Å². The first-order valence-electron chi connectivity index (χ1n) is 10.8. The summed E-state index contributed by atoms with van der Waals surface area (Å²) in [6.45, 7) is 0.437. The number of nitrogens with zero attached hydrogens (tertiary/aromatic N) is 1. The Balaban J connectivity index is 1.63. The molecule has 1 saturated heterocycles. The molecule has 0 amide bonds. The molecule has 7 heteroatoms. The fraction of sp³-hybridized carbons (Fsp3) is 0.440. The van der Waals surface area contributed by atoms with Gasteiger partial charge in [0.05, 0.1) is 24.8 Å². The van der Waals surface area contributed by atoms with E-state index >= 15 is 0 Å². The van der Waals surface area contributed by atoms with Crippen LogP contribution in [0.1, 0.15) is 30.4 Å². The molecule has 2 aromatic rings. The van der Waals surface area contributed by atoms with Crippen LogP contribution in [0.25, 0.3) is 0 Å². The largest absolute Gasteiger partial charge is 0.496 e. The summed E-state index contributed by atoms with van der Waals surface area (Å²) < 4.78 is 32.3. The van der Waals surface area contributed by atoms with Gasteiger partial charge in [-0.25, -0.2) is 8.78 Å². The van der Waals surface area contributed by atoms with Crippen LogP contribution in [0.2, 0.25) is 0 Å². The van der Waals surface area contributed by atoms with Gasteiger partial charge in [0.15, 0.2) is 17.4 Å². The summed E-state index contributed by atoms with van der Waals surface area (Å²) in [6, 6.07) is 12.5. The minimum atomic E-state index is -1.25. The second-order valence-corrected chi connectivity index (χ2v) is 8.84. The quantitative estimate of drug-likeness (QED) is 0.719. The van der Waals surface area contributed by atoms with Crippen molar-refractivity contribution in [2.24, 2.45) is 17.8 Å². The Labute approximate surface area is 186 Å². The molecule has 2 fully saturated rings.